The number of ketones is 1. The van der Waals surface area contributed by atoms with E-state index in [1.165, 1.54) is 11.3 Å². The lowest BCUT2D eigenvalue weighted by atomic mass is 9.99. The summed E-state index contributed by atoms with van der Waals surface area (Å²) in [6.45, 7) is 1.72. The molecular weight excluding hydrogens is 387 g/mol. The van der Waals surface area contributed by atoms with E-state index < -0.39 is 32.4 Å². The van der Waals surface area contributed by atoms with E-state index in [0.29, 0.717) is 28.0 Å². The minimum atomic E-state index is -4.91. The molecule has 1 heterocycles. The van der Waals surface area contributed by atoms with Crippen LogP contribution in [-0.2, 0) is 16.2 Å². The first-order chi connectivity index (χ1) is 12.0. The standard InChI is InChI=1S/C17H12F3NO3S2/c1-9-15(11-4-2-3-5-13(11)25-9)16(22)10-6-7-12(17(18,19)20)14(8-10)26(21,23)24/h2-8H,1H3,(H2,21,23,24). The van der Waals surface area contributed by atoms with Gasteiger partial charge < -0.3 is 0 Å². The van der Waals surface area contributed by atoms with Crippen LogP contribution < -0.4 is 5.14 Å². The minimum absolute atomic E-state index is 0.173. The van der Waals surface area contributed by atoms with Gasteiger partial charge in [0.15, 0.2) is 5.78 Å². The summed E-state index contributed by atoms with van der Waals surface area (Å²) in [5.74, 6) is -0.557. The Balaban J connectivity index is 2.21. The summed E-state index contributed by atoms with van der Waals surface area (Å²) < 4.78 is 63.2. The zero-order valence-electron chi connectivity index (χ0n) is 13.3. The van der Waals surface area contributed by atoms with Crippen molar-refractivity contribution in [3.8, 4) is 0 Å². The first kappa shape index (κ1) is 18.6. The lowest BCUT2D eigenvalue weighted by Gasteiger charge is -2.12. The van der Waals surface area contributed by atoms with Gasteiger partial charge in [-0.1, -0.05) is 24.3 Å². The quantitative estimate of drug-likeness (QED) is 0.674. The van der Waals surface area contributed by atoms with E-state index in [4.69, 9.17) is 5.14 Å². The van der Waals surface area contributed by atoms with Crippen molar-refractivity contribution < 1.29 is 26.4 Å². The predicted octanol–water partition coefficient (Wildman–Crippen LogP) is 4.11. The van der Waals surface area contributed by atoms with Crippen LogP contribution in [-0.4, -0.2) is 14.2 Å². The van der Waals surface area contributed by atoms with Gasteiger partial charge in [0.25, 0.3) is 0 Å². The summed E-state index contributed by atoms with van der Waals surface area (Å²) in [5.41, 5.74) is -1.23. The van der Waals surface area contributed by atoms with E-state index in [-0.39, 0.29) is 5.56 Å². The van der Waals surface area contributed by atoms with Crippen molar-refractivity contribution in [1.82, 2.24) is 0 Å². The zero-order chi connectivity index (χ0) is 19.3. The molecule has 0 saturated heterocycles. The number of nitrogens with two attached hydrogens (primary N) is 1. The number of rotatable bonds is 3. The Kier molecular flexibility index (Phi) is 4.41. The molecule has 3 aromatic rings. The maximum absolute atomic E-state index is 13.1. The number of fused-ring (bicyclic) bond motifs is 1. The van der Waals surface area contributed by atoms with Gasteiger partial charge in [-0.25, -0.2) is 13.6 Å². The van der Waals surface area contributed by atoms with Crippen molar-refractivity contribution in [3.63, 3.8) is 0 Å². The summed E-state index contributed by atoms with van der Waals surface area (Å²) in [4.78, 5) is 12.4. The molecule has 0 aliphatic heterocycles. The van der Waals surface area contributed by atoms with E-state index >= 15 is 0 Å². The average Bonchev–Trinajstić information content (AvgIpc) is 2.87. The Morgan fingerprint density at radius 1 is 1.12 bits per heavy atom. The number of aryl methyl sites for hydroxylation is 1. The van der Waals surface area contributed by atoms with Gasteiger partial charge in [-0.3, -0.25) is 4.79 Å². The molecule has 4 nitrogen and oxygen atoms in total. The molecule has 0 unspecified atom stereocenters. The number of carbonyl (C=O) groups excluding carboxylic acids is 1. The summed E-state index contributed by atoms with van der Waals surface area (Å²) >= 11 is 1.38. The number of thiophene rings is 1. The van der Waals surface area contributed by atoms with Gasteiger partial charge in [-0.05, 0) is 25.1 Å². The molecule has 0 bridgehead atoms. The lowest BCUT2D eigenvalue weighted by Crippen LogP contribution is -2.20. The van der Waals surface area contributed by atoms with Crippen molar-refractivity contribution in [2.24, 2.45) is 5.14 Å². The molecule has 0 radical (unpaired) electrons. The molecule has 9 heteroatoms. The first-order valence-electron chi connectivity index (χ1n) is 7.27. The van der Waals surface area contributed by atoms with E-state index in [1.54, 1.807) is 19.1 Å². The van der Waals surface area contributed by atoms with Crippen molar-refractivity contribution in [2.45, 2.75) is 18.0 Å². The van der Waals surface area contributed by atoms with E-state index in [9.17, 15) is 26.4 Å². The fraction of sp³-hybridized carbons (Fsp3) is 0.118. The van der Waals surface area contributed by atoms with Crippen LogP contribution in [0.15, 0.2) is 47.4 Å². The highest BCUT2D eigenvalue weighted by molar-refractivity contribution is 7.89. The summed E-state index contributed by atoms with van der Waals surface area (Å²) in [5, 5.41) is 5.59. The van der Waals surface area contributed by atoms with Crippen LogP contribution in [0.3, 0.4) is 0 Å². The largest absolute Gasteiger partial charge is 0.417 e. The molecule has 0 atom stereocenters. The normalized spacial score (nSPS) is 12.5. The molecule has 3 rings (SSSR count). The number of benzene rings is 2. The third kappa shape index (κ3) is 3.25. The van der Waals surface area contributed by atoms with Crippen LogP contribution >= 0.6 is 11.3 Å². The second-order valence-electron chi connectivity index (χ2n) is 5.61. The van der Waals surface area contributed by atoms with Crippen molar-refractivity contribution >= 4 is 37.2 Å². The van der Waals surface area contributed by atoms with Crippen molar-refractivity contribution in [2.75, 3.05) is 0 Å². The van der Waals surface area contributed by atoms with E-state index in [2.05, 4.69) is 0 Å². The lowest BCUT2D eigenvalue weighted by molar-refractivity contribution is -0.139. The molecule has 1 aromatic heterocycles. The highest BCUT2D eigenvalue weighted by Gasteiger charge is 2.37. The van der Waals surface area contributed by atoms with E-state index in [1.807, 2.05) is 12.1 Å². The fourth-order valence-electron chi connectivity index (χ4n) is 2.73. The highest BCUT2D eigenvalue weighted by atomic mass is 32.2. The Labute approximate surface area is 151 Å². The minimum Gasteiger partial charge on any atom is -0.289 e. The Morgan fingerprint density at radius 2 is 1.77 bits per heavy atom. The number of hydrogen-bond acceptors (Lipinski definition) is 4. The molecule has 0 aliphatic rings. The summed E-state index contributed by atoms with van der Waals surface area (Å²) in [6.07, 6.45) is -4.91. The number of alkyl halides is 3. The van der Waals surface area contributed by atoms with Crippen LogP contribution in [0.2, 0.25) is 0 Å². The Morgan fingerprint density at radius 3 is 2.38 bits per heavy atom. The Hall–Kier alpha value is -2.23. The molecule has 2 aromatic carbocycles. The second-order valence-corrected chi connectivity index (χ2v) is 8.40. The van der Waals surface area contributed by atoms with Crippen LogP contribution in [0.25, 0.3) is 10.1 Å². The number of sulfonamides is 1. The fourth-order valence-corrected chi connectivity index (χ4v) is 4.57. The molecular formula is C17H12F3NO3S2. The number of carbonyl (C=O) groups is 1. The predicted molar refractivity (Wildman–Crippen MR) is 92.8 cm³/mol. The number of halogens is 3. The van der Waals surface area contributed by atoms with Gasteiger partial charge in [-0.2, -0.15) is 13.2 Å². The molecule has 0 spiro atoms. The molecule has 0 amide bonds. The second kappa shape index (κ2) is 6.19. The third-order valence-electron chi connectivity index (χ3n) is 3.85. The number of primary sulfonamides is 1. The third-order valence-corrected chi connectivity index (χ3v) is 5.89. The van der Waals surface area contributed by atoms with Gasteiger partial charge in [-0.15, -0.1) is 11.3 Å². The summed E-state index contributed by atoms with van der Waals surface area (Å²) in [7, 11) is -4.66. The SMILES string of the molecule is Cc1sc2ccccc2c1C(=O)c1ccc(C(F)(F)F)c(S(N)(=O)=O)c1. The maximum atomic E-state index is 13.1. The maximum Gasteiger partial charge on any atom is 0.417 e. The number of hydrogen-bond donors (Lipinski definition) is 1. The van der Waals surface area contributed by atoms with Gasteiger partial charge in [0.2, 0.25) is 10.0 Å². The van der Waals surface area contributed by atoms with Gasteiger partial charge in [0.05, 0.1) is 10.5 Å². The van der Waals surface area contributed by atoms with Crippen molar-refractivity contribution in [3.05, 3.63) is 64.0 Å². The van der Waals surface area contributed by atoms with Crippen LogP contribution in [0.1, 0.15) is 26.4 Å². The first-order valence-corrected chi connectivity index (χ1v) is 9.63. The molecule has 2 N–H and O–H groups in total. The van der Waals surface area contributed by atoms with Gasteiger partial charge in [0.1, 0.15) is 0 Å². The van der Waals surface area contributed by atoms with Crippen LogP contribution in [0, 0.1) is 6.92 Å². The monoisotopic (exact) mass is 399 g/mol. The Bertz CT molecular complexity index is 1130. The molecule has 136 valence electrons. The van der Waals surface area contributed by atoms with Gasteiger partial charge >= 0.3 is 6.18 Å². The zero-order valence-corrected chi connectivity index (χ0v) is 14.9. The molecule has 0 aliphatic carbocycles. The smallest absolute Gasteiger partial charge is 0.289 e. The van der Waals surface area contributed by atoms with Crippen molar-refractivity contribution in [1.29, 1.82) is 0 Å². The summed E-state index contributed by atoms with van der Waals surface area (Å²) in [6, 6.07) is 9.33. The molecule has 0 saturated carbocycles. The van der Waals surface area contributed by atoms with Crippen LogP contribution in [0.5, 0.6) is 0 Å². The van der Waals surface area contributed by atoms with Crippen LogP contribution in [0.4, 0.5) is 13.2 Å². The van der Waals surface area contributed by atoms with E-state index in [0.717, 1.165) is 10.8 Å². The van der Waals surface area contributed by atoms with Gasteiger partial charge in [0, 0.05) is 26.1 Å². The average molecular weight is 399 g/mol. The highest BCUT2D eigenvalue weighted by Crippen LogP contribution is 2.36. The molecule has 26 heavy (non-hydrogen) atoms. The topological polar surface area (TPSA) is 77.2 Å². The molecule has 0 fully saturated rings.